The van der Waals surface area contributed by atoms with Crippen molar-refractivity contribution in [1.29, 1.82) is 0 Å². The Morgan fingerprint density at radius 3 is 2.67 bits per heavy atom. The van der Waals surface area contributed by atoms with Gasteiger partial charge in [-0.05, 0) is 51.5 Å². The van der Waals surface area contributed by atoms with Crippen LogP contribution in [0.3, 0.4) is 0 Å². The Kier molecular flexibility index (Phi) is 6.28. The van der Waals surface area contributed by atoms with Gasteiger partial charge >= 0.3 is 5.97 Å². The molecule has 1 saturated carbocycles. The van der Waals surface area contributed by atoms with Gasteiger partial charge in [-0.25, -0.2) is 14.5 Å². The van der Waals surface area contributed by atoms with Gasteiger partial charge in [0.1, 0.15) is 12.4 Å². The Morgan fingerprint density at radius 2 is 1.94 bits per heavy atom. The third-order valence-electron chi connectivity index (χ3n) is 6.82. The molecule has 1 N–H and O–H groups in total. The number of nitrogens with zero attached hydrogens (tertiary/aromatic N) is 5. The second-order valence-electron chi connectivity index (χ2n) is 9.12. The Labute approximate surface area is 193 Å². The minimum absolute atomic E-state index is 0.0221. The molecule has 1 aliphatic heterocycles. The third kappa shape index (κ3) is 4.58. The third-order valence-corrected chi connectivity index (χ3v) is 6.82. The zero-order valence-corrected chi connectivity index (χ0v) is 19.1. The second kappa shape index (κ2) is 9.49. The molecule has 2 aliphatic rings. The predicted molar refractivity (Wildman–Crippen MR) is 126 cm³/mol. The lowest BCUT2D eigenvalue weighted by Gasteiger charge is -2.24. The van der Waals surface area contributed by atoms with E-state index in [0.717, 1.165) is 68.8 Å². The van der Waals surface area contributed by atoms with Gasteiger partial charge in [0.2, 0.25) is 0 Å². The van der Waals surface area contributed by atoms with Gasteiger partial charge in [-0.1, -0.05) is 24.6 Å². The number of aromatic nitrogens is 3. The summed E-state index contributed by atoms with van der Waals surface area (Å²) in [5.74, 6) is -0.129. The summed E-state index contributed by atoms with van der Waals surface area (Å²) < 4.78 is 8.05. The summed E-state index contributed by atoms with van der Waals surface area (Å²) >= 11 is 0. The predicted octanol–water partition coefficient (Wildman–Crippen LogP) is 3.40. The molecule has 33 heavy (non-hydrogen) atoms. The summed E-state index contributed by atoms with van der Waals surface area (Å²) in [6, 6.07) is 11.3. The summed E-state index contributed by atoms with van der Waals surface area (Å²) in [4.78, 5) is 21.2. The van der Waals surface area contributed by atoms with Gasteiger partial charge in [0, 0.05) is 31.6 Å². The van der Waals surface area contributed by atoms with E-state index >= 15 is 0 Å². The molecular formula is C25H31N5O3. The fourth-order valence-electron chi connectivity index (χ4n) is 4.66. The molecule has 1 aromatic carbocycles. The van der Waals surface area contributed by atoms with Crippen LogP contribution in [0.1, 0.15) is 47.8 Å². The summed E-state index contributed by atoms with van der Waals surface area (Å²) in [6.45, 7) is 5.56. The molecule has 5 rings (SSSR count). The maximum Gasteiger partial charge on any atom is 0.354 e. The highest BCUT2D eigenvalue weighted by molar-refractivity contribution is 5.94. The van der Waals surface area contributed by atoms with Crippen LogP contribution in [0, 0.1) is 0 Å². The van der Waals surface area contributed by atoms with Crippen LogP contribution >= 0.6 is 0 Å². The number of likely N-dealkylation sites (N-methyl/N-ethyl adjacent to an activating group) is 1. The number of aromatic carboxylic acids is 1. The molecule has 2 fully saturated rings. The monoisotopic (exact) mass is 449 g/mol. The molecule has 0 amide bonds. The van der Waals surface area contributed by atoms with Crippen molar-refractivity contribution in [3.63, 3.8) is 0 Å². The number of ether oxygens (including phenoxy) is 1. The van der Waals surface area contributed by atoms with Crippen molar-refractivity contribution in [2.45, 2.75) is 31.6 Å². The van der Waals surface area contributed by atoms with Gasteiger partial charge in [-0.2, -0.15) is 5.10 Å². The zero-order chi connectivity index (χ0) is 22.8. The molecule has 2 aromatic heterocycles. The average molecular weight is 450 g/mol. The fraction of sp³-hybridized carbons (Fsp3) is 0.480. The van der Waals surface area contributed by atoms with Gasteiger partial charge in [0.05, 0.1) is 16.8 Å². The lowest BCUT2D eigenvalue weighted by Crippen LogP contribution is -2.32. The average Bonchev–Trinajstić information content (AvgIpc) is 3.02. The normalized spacial score (nSPS) is 18.2. The lowest BCUT2D eigenvalue weighted by molar-refractivity contribution is 0.0690. The van der Waals surface area contributed by atoms with E-state index in [-0.39, 0.29) is 5.69 Å². The molecule has 0 atom stereocenters. The Bertz CT molecular complexity index is 1130. The maximum absolute atomic E-state index is 11.9. The van der Waals surface area contributed by atoms with Gasteiger partial charge in [-0.3, -0.25) is 4.90 Å². The van der Waals surface area contributed by atoms with Crippen molar-refractivity contribution in [3.05, 3.63) is 47.8 Å². The number of rotatable bonds is 7. The number of hydrogen-bond acceptors (Lipinski definition) is 6. The van der Waals surface area contributed by atoms with E-state index < -0.39 is 5.97 Å². The molecule has 8 nitrogen and oxygen atoms in total. The van der Waals surface area contributed by atoms with Crippen LogP contribution in [0.15, 0.2) is 36.4 Å². The number of carboxylic acids is 1. The molecule has 3 heterocycles. The largest absolute Gasteiger partial charge is 0.491 e. The van der Waals surface area contributed by atoms with Crippen LogP contribution in [0.4, 0.5) is 0 Å². The number of benzene rings is 1. The standard InChI is InChI=1S/C25H31N5O3/c1-28-11-6-12-29(14-13-28)15-16-33-21-17-20(25(31)32)26-24-22(21)23(18-7-5-8-18)27-30(24)19-9-3-2-4-10-19/h2-4,9-10,17-18H,5-8,11-16H2,1H3,(H,31,32). The molecule has 174 valence electrons. The number of carbonyl (C=O) groups is 1. The number of para-hydroxylation sites is 1. The molecule has 0 unspecified atom stereocenters. The lowest BCUT2D eigenvalue weighted by atomic mass is 9.82. The number of hydrogen-bond donors (Lipinski definition) is 1. The van der Waals surface area contributed by atoms with Crippen LogP contribution in [0.2, 0.25) is 0 Å². The van der Waals surface area contributed by atoms with E-state index in [9.17, 15) is 9.90 Å². The highest BCUT2D eigenvalue weighted by atomic mass is 16.5. The van der Waals surface area contributed by atoms with Gasteiger partial charge in [-0.15, -0.1) is 0 Å². The molecule has 8 heteroatoms. The van der Waals surface area contributed by atoms with Crippen molar-refractivity contribution in [1.82, 2.24) is 24.6 Å². The summed E-state index contributed by atoms with van der Waals surface area (Å²) in [7, 11) is 2.16. The van der Waals surface area contributed by atoms with Crippen molar-refractivity contribution in [2.75, 3.05) is 46.4 Å². The molecule has 0 radical (unpaired) electrons. The highest BCUT2D eigenvalue weighted by Gasteiger charge is 2.29. The molecule has 0 bridgehead atoms. The van der Waals surface area contributed by atoms with E-state index in [4.69, 9.17) is 9.84 Å². The molecule has 3 aromatic rings. The van der Waals surface area contributed by atoms with Crippen molar-refractivity contribution < 1.29 is 14.6 Å². The van der Waals surface area contributed by atoms with E-state index in [1.165, 1.54) is 6.42 Å². The maximum atomic E-state index is 11.9. The minimum atomic E-state index is -1.07. The van der Waals surface area contributed by atoms with E-state index in [1.807, 2.05) is 30.3 Å². The van der Waals surface area contributed by atoms with E-state index in [2.05, 4.69) is 21.8 Å². The quantitative estimate of drug-likeness (QED) is 0.592. The molecule has 0 spiro atoms. The van der Waals surface area contributed by atoms with Crippen molar-refractivity contribution in [3.8, 4) is 11.4 Å². The highest BCUT2D eigenvalue weighted by Crippen LogP contribution is 2.42. The fourth-order valence-corrected chi connectivity index (χ4v) is 4.66. The summed E-state index contributed by atoms with van der Waals surface area (Å²) in [6.07, 6.45) is 4.50. The second-order valence-corrected chi connectivity index (χ2v) is 9.12. The number of carboxylic acid groups (broad SMARTS) is 1. The minimum Gasteiger partial charge on any atom is -0.491 e. The molecular weight excluding hydrogens is 418 g/mol. The summed E-state index contributed by atoms with van der Waals surface area (Å²) in [5, 5.41) is 15.5. The van der Waals surface area contributed by atoms with Gasteiger partial charge in [0.25, 0.3) is 0 Å². The van der Waals surface area contributed by atoms with Crippen LogP contribution < -0.4 is 4.74 Å². The molecule has 1 aliphatic carbocycles. The Balaban J connectivity index is 1.50. The van der Waals surface area contributed by atoms with E-state index in [1.54, 1.807) is 10.7 Å². The zero-order valence-electron chi connectivity index (χ0n) is 19.1. The first-order valence-corrected chi connectivity index (χ1v) is 11.9. The smallest absolute Gasteiger partial charge is 0.354 e. The summed E-state index contributed by atoms with van der Waals surface area (Å²) in [5.41, 5.74) is 2.36. The van der Waals surface area contributed by atoms with Crippen molar-refractivity contribution in [2.24, 2.45) is 0 Å². The molecule has 1 saturated heterocycles. The van der Waals surface area contributed by atoms with Gasteiger partial charge in [0.15, 0.2) is 11.3 Å². The Hall–Kier alpha value is -2.97. The first kappa shape index (κ1) is 21.9. The number of fused-ring (bicyclic) bond motifs is 1. The topological polar surface area (TPSA) is 83.7 Å². The Morgan fingerprint density at radius 1 is 1.12 bits per heavy atom. The van der Waals surface area contributed by atoms with Gasteiger partial charge < -0.3 is 14.7 Å². The van der Waals surface area contributed by atoms with Crippen LogP contribution in [-0.2, 0) is 0 Å². The number of pyridine rings is 1. The first-order chi connectivity index (χ1) is 16.1. The van der Waals surface area contributed by atoms with E-state index in [0.29, 0.717) is 23.9 Å². The van der Waals surface area contributed by atoms with Crippen molar-refractivity contribution >= 4 is 17.0 Å². The van der Waals surface area contributed by atoms with Crippen LogP contribution in [0.25, 0.3) is 16.7 Å². The van der Waals surface area contributed by atoms with Crippen LogP contribution in [0.5, 0.6) is 5.75 Å². The first-order valence-electron chi connectivity index (χ1n) is 11.9. The van der Waals surface area contributed by atoms with Crippen LogP contribution in [-0.4, -0.2) is 82.0 Å². The SMILES string of the molecule is CN1CCCN(CCOc2cc(C(=O)O)nc3c2c(C2CCC2)nn3-c2ccccc2)CC1.